The van der Waals surface area contributed by atoms with Crippen LogP contribution in [0.25, 0.3) is 0 Å². The first-order valence-electron chi connectivity index (χ1n) is 31.1. The number of rotatable bonds is 30. The number of hydrogen-bond acceptors (Lipinski definition) is 18. The predicted octanol–water partition coefficient (Wildman–Crippen LogP) is 8.01. The number of esters is 2. The van der Waals surface area contributed by atoms with E-state index in [0.717, 1.165) is 10.5 Å². The van der Waals surface area contributed by atoms with Crippen molar-refractivity contribution in [1.29, 1.82) is 0 Å². The standard InChI is InChI=1S/C30H31F15N4O8S2.C17H17F3O5.C8H12F6N2O2S.C4H8O2/c1-24(31,32)25(33,34)29(42,43)58(54,55)48-13-9-46(10-14-48)22(52)20(50)7-5-18-3-2-4-19(17-18)6-8-21(51)23(53)47-11-15-49(16-12-47)59(56,57)30(44,45)27(37,38)26(35,36)28(39,40)41;1-11(21)14(22)7-5-12-3-2-4-13(9-12)6-8-15(23)16(24)25-10-17(18,19)20;1-6(9,10)7(11,12)8(13,14)19(17,18)16-4-2-15-3-5-16;1-3-6-4(2)5/h2-4,17H,5-16H2,1H3;2-4,9H,5-8,10H2,1H3;15H,2-5H2,1H3;3H2,1-2H3. The number of nitrogens with one attached hydrogen (secondary N) is 1. The predicted molar refractivity (Wildman–Crippen MR) is 326 cm³/mol. The Kier molecular flexibility index (Phi) is 33.5. The average Bonchev–Trinajstić information content (AvgIpc) is 0.731. The Morgan fingerprint density at radius 1 is 0.404 bits per heavy atom. The molecule has 2 aromatic carbocycles. The third-order valence-corrected chi connectivity index (χ3v) is 21.3. The lowest BCUT2D eigenvalue weighted by atomic mass is 10.0. The molecule has 5 rings (SSSR count). The highest BCUT2D eigenvalue weighted by Gasteiger charge is 2.86. The molecule has 3 aliphatic rings. The lowest BCUT2D eigenvalue weighted by Gasteiger charge is -2.38. The van der Waals surface area contributed by atoms with Crippen LogP contribution in [0, 0.1) is 0 Å². The fourth-order valence-corrected chi connectivity index (χ4v) is 13.6. The average molecular weight is 1690 g/mol. The van der Waals surface area contributed by atoms with Gasteiger partial charge in [-0.3, -0.25) is 38.4 Å². The molecule has 2 aromatic rings. The molecule has 3 aliphatic heterocycles. The first-order chi connectivity index (χ1) is 49.2. The number of Topliss-reactive ketones (excluding diaryl/α,β-unsaturated/α-hetero) is 5. The second-order valence-corrected chi connectivity index (χ2v) is 29.6. The van der Waals surface area contributed by atoms with Crippen LogP contribution in [-0.4, -0.2) is 256 Å². The van der Waals surface area contributed by atoms with Gasteiger partial charge in [0.05, 0.1) is 6.61 Å². The fourth-order valence-electron chi connectivity index (χ4n) is 9.18. The number of benzene rings is 2. The molecule has 1 N–H and O–H groups in total. The largest absolute Gasteiger partial charge is 0.466 e. The molecule has 0 aliphatic carbocycles. The molecule has 0 aromatic heterocycles. The minimum absolute atomic E-state index is 0.0244. The summed E-state index contributed by atoms with van der Waals surface area (Å²) < 4.78 is 395. The molecule has 23 nitrogen and oxygen atoms in total. The lowest BCUT2D eigenvalue weighted by molar-refractivity contribution is -0.382. The van der Waals surface area contributed by atoms with Crippen LogP contribution in [0.2, 0.25) is 0 Å². The number of alkyl halides is 24. The van der Waals surface area contributed by atoms with Gasteiger partial charge in [0, 0.05) is 132 Å². The summed E-state index contributed by atoms with van der Waals surface area (Å²) in [5, 5.41) is -16.5. The molecule has 2 amide bonds. The van der Waals surface area contributed by atoms with E-state index < -0.39 is 243 Å². The van der Waals surface area contributed by atoms with Gasteiger partial charge < -0.3 is 24.6 Å². The highest BCUT2D eigenvalue weighted by molar-refractivity contribution is 7.90. The van der Waals surface area contributed by atoms with Crippen molar-refractivity contribution in [2.45, 2.75) is 150 Å². The lowest BCUT2D eigenvalue weighted by Crippen LogP contribution is -2.66. The van der Waals surface area contributed by atoms with Crippen LogP contribution in [0.5, 0.6) is 0 Å². The van der Waals surface area contributed by atoms with Crippen LogP contribution in [0.4, 0.5) is 105 Å². The number of halogens is 24. The Balaban J connectivity index is 0.000000652. The minimum atomic E-state index is -7.47. The number of carbonyl (C=O) groups is 9. The monoisotopic (exact) mass is 1680 g/mol. The van der Waals surface area contributed by atoms with Crippen molar-refractivity contribution in [2.24, 2.45) is 0 Å². The van der Waals surface area contributed by atoms with Crippen molar-refractivity contribution in [3.63, 3.8) is 0 Å². The molecule has 0 radical (unpaired) electrons. The van der Waals surface area contributed by atoms with Gasteiger partial charge in [0.25, 0.3) is 41.9 Å². The molecule has 50 heteroatoms. The van der Waals surface area contributed by atoms with E-state index in [4.69, 9.17) is 0 Å². The first kappa shape index (κ1) is 97.8. The molecule has 3 saturated heterocycles. The highest BCUT2D eigenvalue weighted by Crippen LogP contribution is 2.56. The second-order valence-electron chi connectivity index (χ2n) is 23.7. The molecule has 0 atom stereocenters. The number of ketones is 5. The number of hydrogen-bond donors (Lipinski definition) is 1. The zero-order valence-electron chi connectivity index (χ0n) is 57.1. The van der Waals surface area contributed by atoms with Crippen molar-refractivity contribution < 1.29 is 183 Å². The number of aryl methyl sites for hydroxylation is 4. The van der Waals surface area contributed by atoms with Crippen molar-refractivity contribution >= 4 is 82.7 Å². The third kappa shape index (κ3) is 24.1. The van der Waals surface area contributed by atoms with Gasteiger partial charge in [-0.2, -0.15) is 118 Å². The number of amides is 2. The number of carbonyl (C=O) groups excluding carboxylic acids is 9. The van der Waals surface area contributed by atoms with Crippen molar-refractivity contribution in [3.8, 4) is 0 Å². The van der Waals surface area contributed by atoms with Gasteiger partial charge in [-0.15, -0.1) is 0 Å². The third-order valence-electron chi connectivity index (χ3n) is 15.4. The summed E-state index contributed by atoms with van der Waals surface area (Å²) >= 11 is 0. The van der Waals surface area contributed by atoms with E-state index in [1.807, 2.05) is 0 Å². The van der Waals surface area contributed by atoms with Gasteiger partial charge in [-0.25, -0.2) is 30.0 Å². The quantitative estimate of drug-likeness (QED) is 0.0440. The molecule has 0 saturated carbocycles. The minimum Gasteiger partial charge on any atom is -0.466 e. The van der Waals surface area contributed by atoms with Gasteiger partial charge in [0.1, 0.15) is 0 Å². The molecule has 3 heterocycles. The van der Waals surface area contributed by atoms with Gasteiger partial charge in [0.15, 0.2) is 18.2 Å². The van der Waals surface area contributed by atoms with E-state index in [9.17, 15) is 174 Å². The second kappa shape index (κ2) is 37.3. The molecule has 3 fully saturated rings. The van der Waals surface area contributed by atoms with Crippen LogP contribution in [0.3, 0.4) is 0 Å². The SMILES string of the molecule is CC(=O)C(=O)CCc1cccc(CCC(=O)C(=O)OCC(F)(F)F)c1.CC(F)(F)C(F)(F)C(F)(F)S(=O)(=O)N1CCN(C(=O)C(=O)CCc2cccc(CCC(=O)C(=O)N3CCN(S(=O)(=O)C(F)(F)C(F)(F)C(F)(F)C(F)(F)F)CC3)c2)CC1.CC(F)(F)C(F)(F)C(F)(F)S(=O)(=O)N1CCNCC1.CCOC(C)=O. The molecule has 0 unspecified atom stereocenters. The zero-order valence-corrected chi connectivity index (χ0v) is 59.6. The molecule has 0 bridgehead atoms. The Hall–Kier alpha value is -7.32. The Bertz CT molecular complexity index is 3910. The van der Waals surface area contributed by atoms with E-state index in [2.05, 4.69) is 14.8 Å². The van der Waals surface area contributed by atoms with Crippen LogP contribution in [0.15, 0.2) is 48.5 Å². The summed E-state index contributed by atoms with van der Waals surface area (Å²) in [4.78, 5) is 106. The highest BCUT2D eigenvalue weighted by atomic mass is 32.2. The van der Waals surface area contributed by atoms with E-state index in [1.165, 1.54) is 38.1 Å². The molecular formula is C59H68F24N6O17S3. The summed E-state index contributed by atoms with van der Waals surface area (Å²) in [6, 6.07) is 12.6. The number of nitrogens with zero attached hydrogens (tertiary/aromatic N) is 5. The molecule has 109 heavy (non-hydrogen) atoms. The van der Waals surface area contributed by atoms with Crippen LogP contribution >= 0.6 is 0 Å². The van der Waals surface area contributed by atoms with Crippen LogP contribution in [-0.2, 0) is 108 Å². The maximum Gasteiger partial charge on any atom is 0.460 e. The van der Waals surface area contributed by atoms with Crippen LogP contribution < -0.4 is 5.32 Å². The van der Waals surface area contributed by atoms with Gasteiger partial charge >= 0.3 is 75.6 Å². The summed E-state index contributed by atoms with van der Waals surface area (Å²) in [5.74, 6) is -46.4. The Morgan fingerprint density at radius 3 is 0.963 bits per heavy atom. The van der Waals surface area contributed by atoms with Gasteiger partial charge in [0.2, 0.25) is 17.3 Å². The molecule has 0 spiro atoms. The Labute approximate surface area is 604 Å². The summed E-state index contributed by atoms with van der Waals surface area (Å²) in [6.45, 7) is -7.04. The Morgan fingerprint density at radius 2 is 0.697 bits per heavy atom. The number of piperazine rings is 3. The van der Waals surface area contributed by atoms with E-state index in [-0.39, 0.29) is 59.8 Å². The van der Waals surface area contributed by atoms with Gasteiger partial charge in [-0.05, 0) is 54.9 Å². The molecule has 622 valence electrons. The van der Waals surface area contributed by atoms with Crippen molar-refractivity contribution in [2.75, 3.05) is 91.8 Å². The summed E-state index contributed by atoms with van der Waals surface area (Å²) in [7, 11) is -19.1. The first-order valence-corrected chi connectivity index (χ1v) is 35.4. The van der Waals surface area contributed by atoms with Crippen molar-refractivity contribution in [1.82, 2.24) is 28.0 Å². The normalized spacial score (nSPS) is 16.2. The van der Waals surface area contributed by atoms with Crippen LogP contribution in [0.1, 0.15) is 82.6 Å². The maximum atomic E-state index is 14.2. The summed E-state index contributed by atoms with van der Waals surface area (Å²) in [5.41, 5.74) is 2.20. The fraction of sp³-hybridized carbons (Fsp3) is 0.644. The smallest absolute Gasteiger partial charge is 0.460 e. The number of ether oxygens (including phenoxy) is 2. The maximum absolute atomic E-state index is 14.2. The van der Waals surface area contributed by atoms with Crippen molar-refractivity contribution in [3.05, 3.63) is 70.8 Å². The van der Waals surface area contributed by atoms with E-state index in [1.54, 1.807) is 31.2 Å². The molecular weight excluding hydrogens is 1620 g/mol. The summed E-state index contributed by atoms with van der Waals surface area (Å²) in [6.07, 6.45) is -13.0. The van der Waals surface area contributed by atoms with E-state index in [0.29, 0.717) is 34.6 Å². The van der Waals surface area contributed by atoms with E-state index >= 15 is 0 Å². The zero-order chi connectivity index (χ0) is 84.7. The topological polar surface area (TPSA) is 303 Å². The van der Waals surface area contributed by atoms with Gasteiger partial charge in [-0.1, -0.05) is 48.5 Å². The number of sulfonamides is 3.